The normalized spacial score (nSPS) is 11.2. The van der Waals surface area contributed by atoms with Gasteiger partial charge in [-0.15, -0.1) is 11.3 Å². The molecule has 5 heteroatoms. The minimum absolute atomic E-state index is 0.689. The highest BCUT2D eigenvalue weighted by atomic mass is 32.1. The van der Waals surface area contributed by atoms with Crippen molar-refractivity contribution in [3.8, 4) is 11.4 Å². The number of fused-ring (bicyclic) bond motifs is 2. The number of furan rings is 1. The van der Waals surface area contributed by atoms with Crippen LogP contribution in [0.15, 0.2) is 46.4 Å². The molecule has 0 aliphatic rings. The van der Waals surface area contributed by atoms with E-state index in [2.05, 4.69) is 15.3 Å². The molecule has 98 valence electrons. The molecule has 0 saturated heterocycles. The van der Waals surface area contributed by atoms with Gasteiger partial charge in [0.25, 0.3) is 0 Å². The Kier molecular flexibility index (Phi) is 2.47. The summed E-state index contributed by atoms with van der Waals surface area (Å²) in [6, 6.07) is 9.95. The van der Waals surface area contributed by atoms with Crippen LogP contribution in [0.1, 0.15) is 0 Å². The molecule has 0 unspecified atom stereocenters. The fourth-order valence-corrected chi connectivity index (χ4v) is 3.08. The number of anilines is 1. The standard InChI is InChI=1S/C15H11N3OS/c1-16-13-10-6-7-20-15(10)18-14(17-13)11-8-19-12-5-3-2-4-9(11)12/h2-8H,1H3,(H,16,17,18). The van der Waals surface area contributed by atoms with Crippen LogP contribution in [0.2, 0.25) is 0 Å². The second-order valence-electron chi connectivity index (χ2n) is 4.43. The Morgan fingerprint density at radius 1 is 1.10 bits per heavy atom. The van der Waals surface area contributed by atoms with E-state index in [1.165, 1.54) is 0 Å². The molecule has 4 aromatic rings. The average Bonchev–Trinajstić information content (AvgIpc) is 3.12. The van der Waals surface area contributed by atoms with Gasteiger partial charge < -0.3 is 9.73 Å². The van der Waals surface area contributed by atoms with E-state index >= 15 is 0 Å². The second-order valence-corrected chi connectivity index (χ2v) is 5.33. The van der Waals surface area contributed by atoms with Gasteiger partial charge in [0.15, 0.2) is 5.82 Å². The molecule has 3 heterocycles. The van der Waals surface area contributed by atoms with Crippen LogP contribution >= 0.6 is 11.3 Å². The van der Waals surface area contributed by atoms with Crippen molar-refractivity contribution in [2.75, 3.05) is 12.4 Å². The van der Waals surface area contributed by atoms with Crippen molar-refractivity contribution in [3.05, 3.63) is 42.0 Å². The molecule has 0 amide bonds. The Labute approximate surface area is 119 Å². The van der Waals surface area contributed by atoms with Crippen molar-refractivity contribution in [1.29, 1.82) is 0 Å². The third kappa shape index (κ3) is 1.60. The van der Waals surface area contributed by atoms with Crippen LogP contribution in [0.5, 0.6) is 0 Å². The summed E-state index contributed by atoms with van der Waals surface area (Å²) >= 11 is 1.61. The number of rotatable bonds is 2. The molecule has 0 aliphatic heterocycles. The number of benzene rings is 1. The summed E-state index contributed by atoms with van der Waals surface area (Å²) in [5.41, 5.74) is 1.77. The third-order valence-corrected chi connectivity index (χ3v) is 4.09. The zero-order chi connectivity index (χ0) is 13.5. The van der Waals surface area contributed by atoms with E-state index in [9.17, 15) is 0 Å². The molecule has 1 N–H and O–H groups in total. The summed E-state index contributed by atoms with van der Waals surface area (Å²) in [4.78, 5) is 10.2. The van der Waals surface area contributed by atoms with E-state index in [1.54, 1.807) is 17.6 Å². The average molecular weight is 281 g/mol. The van der Waals surface area contributed by atoms with Gasteiger partial charge in [-0.1, -0.05) is 18.2 Å². The molecule has 20 heavy (non-hydrogen) atoms. The first kappa shape index (κ1) is 11.4. The first-order valence-electron chi connectivity index (χ1n) is 6.26. The lowest BCUT2D eigenvalue weighted by atomic mass is 10.1. The van der Waals surface area contributed by atoms with Crippen LogP contribution in [-0.4, -0.2) is 17.0 Å². The Morgan fingerprint density at radius 2 is 2.00 bits per heavy atom. The van der Waals surface area contributed by atoms with Crippen LogP contribution in [0.25, 0.3) is 32.6 Å². The maximum atomic E-state index is 5.57. The molecule has 4 nitrogen and oxygen atoms in total. The number of nitrogens with zero attached hydrogens (tertiary/aromatic N) is 2. The summed E-state index contributed by atoms with van der Waals surface area (Å²) in [7, 11) is 1.87. The van der Waals surface area contributed by atoms with Crippen molar-refractivity contribution in [2.24, 2.45) is 0 Å². The Balaban J connectivity index is 2.02. The van der Waals surface area contributed by atoms with E-state index < -0.39 is 0 Å². The lowest BCUT2D eigenvalue weighted by Crippen LogP contribution is -1.96. The van der Waals surface area contributed by atoms with Gasteiger partial charge in [-0.05, 0) is 17.5 Å². The van der Waals surface area contributed by atoms with Crippen molar-refractivity contribution in [3.63, 3.8) is 0 Å². The molecular weight excluding hydrogens is 270 g/mol. The minimum atomic E-state index is 0.689. The Morgan fingerprint density at radius 3 is 2.90 bits per heavy atom. The molecule has 1 aromatic carbocycles. The van der Waals surface area contributed by atoms with Crippen molar-refractivity contribution >= 4 is 38.3 Å². The van der Waals surface area contributed by atoms with Gasteiger partial charge in [-0.2, -0.15) is 0 Å². The van der Waals surface area contributed by atoms with Gasteiger partial charge in [0.2, 0.25) is 0 Å². The summed E-state index contributed by atoms with van der Waals surface area (Å²) < 4.78 is 5.57. The molecule has 0 spiro atoms. The summed E-state index contributed by atoms with van der Waals surface area (Å²) in [5, 5.41) is 7.24. The molecule has 4 rings (SSSR count). The van der Waals surface area contributed by atoms with E-state index in [1.807, 2.05) is 42.8 Å². The molecule has 0 saturated carbocycles. The van der Waals surface area contributed by atoms with Crippen LogP contribution in [-0.2, 0) is 0 Å². The van der Waals surface area contributed by atoms with E-state index in [0.29, 0.717) is 5.82 Å². The number of hydrogen-bond acceptors (Lipinski definition) is 5. The van der Waals surface area contributed by atoms with Crippen molar-refractivity contribution < 1.29 is 4.42 Å². The van der Waals surface area contributed by atoms with Gasteiger partial charge in [-0.25, -0.2) is 9.97 Å². The zero-order valence-electron chi connectivity index (χ0n) is 10.8. The highest BCUT2D eigenvalue weighted by molar-refractivity contribution is 7.16. The summed E-state index contributed by atoms with van der Waals surface area (Å²) in [6.45, 7) is 0. The van der Waals surface area contributed by atoms with Gasteiger partial charge in [0, 0.05) is 12.4 Å². The number of aromatic nitrogens is 2. The summed E-state index contributed by atoms with van der Waals surface area (Å²) in [5.74, 6) is 1.53. The first-order chi connectivity index (χ1) is 9.86. The quantitative estimate of drug-likeness (QED) is 0.599. The SMILES string of the molecule is CNc1nc(-c2coc3ccccc23)nc2sccc12. The fourth-order valence-electron chi connectivity index (χ4n) is 2.32. The molecule has 0 atom stereocenters. The third-order valence-electron chi connectivity index (χ3n) is 3.28. The first-order valence-corrected chi connectivity index (χ1v) is 7.14. The van der Waals surface area contributed by atoms with Crippen molar-refractivity contribution in [1.82, 2.24) is 9.97 Å². The second kappa shape index (κ2) is 4.31. The van der Waals surface area contributed by atoms with Crippen molar-refractivity contribution in [2.45, 2.75) is 0 Å². The van der Waals surface area contributed by atoms with Crippen LogP contribution in [0, 0.1) is 0 Å². The highest BCUT2D eigenvalue weighted by Gasteiger charge is 2.13. The molecule has 0 aliphatic carbocycles. The maximum absolute atomic E-state index is 5.57. The lowest BCUT2D eigenvalue weighted by Gasteiger charge is -2.04. The van der Waals surface area contributed by atoms with E-state index in [0.717, 1.165) is 32.6 Å². The van der Waals surface area contributed by atoms with Gasteiger partial charge in [0.1, 0.15) is 22.5 Å². The Hall–Kier alpha value is -2.40. The Bertz CT molecular complexity index is 910. The molecule has 0 fully saturated rings. The number of hydrogen-bond donors (Lipinski definition) is 1. The van der Waals surface area contributed by atoms with Gasteiger partial charge in [-0.3, -0.25) is 0 Å². The molecule has 0 bridgehead atoms. The summed E-state index contributed by atoms with van der Waals surface area (Å²) in [6.07, 6.45) is 1.72. The van der Waals surface area contributed by atoms with E-state index in [-0.39, 0.29) is 0 Å². The predicted molar refractivity (Wildman–Crippen MR) is 82.2 cm³/mol. The van der Waals surface area contributed by atoms with Crippen LogP contribution in [0.4, 0.5) is 5.82 Å². The maximum Gasteiger partial charge on any atom is 0.167 e. The van der Waals surface area contributed by atoms with Gasteiger partial charge >= 0.3 is 0 Å². The van der Waals surface area contributed by atoms with Crippen LogP contribution in [0.3, 0.4) is 0 Å². The fraction of sp³-hybridized carbons (Fsp3) is 0.0667. The minimum Gasteiger partial charge on any atom is -0.464 e. The molecule has 3 aromatic heterocycles. The monoisotopic (exact) mass is 281 g/mol. The topological polar surface area (TPSA) is 51.0 Å². The van der Waals surface area contributed by atoms with E-state index in [4.69, 9.17) is 4.42 Å². The highest BCUT2D eigenvalue weighted by Crippen LogP contribution is 2.32. The molecular formula is C15H11N3OS. The number of thiophene rings is 1. The number of nitrogens with one attached hydrogen (secondary N) is 1. The smallest absolute Gasteiger partial charge is 0.167 e. The predicted octanol–water partition coefficient (Wildman–Crippen LogP) is 4.15. The molecule has 0 radical (unpaired) electrons. The van der Waals surface area contributed by atoms with Crippen LogP contribution < -0.4 is 5.32 Å². The number of para-hydroxylation sites is 1. The zero-order valence-corrected chi connectivity index (χ0v) is 11.6. The largest absolute Gasteiger partial charge is 0.464 e. The lowest BCUT2D eigenvalue weighted by molar-refractivity contribution is 0.616. The van der Waals surface area contributed by atoms with Gasteiger partial charge in [0.05, 0.1) is 10.9 Å².